The van der Waals surface area contributed by atoms with E-state index in [1.807, 2.05) is 42.2 Å². The van der Waals surface area contributed by atoms with Crippen molar-refractivity contribution in [3.63, 3.8) is 0 Å². The lowest BCUT2D eigenvalue weighted by Crippen LogP contribution is -2.60. The smallest absolute Gasteiger partial charge is 0.410 e. The molecule has 6 heteroatoms. The third-order valence-electron chi connectivity index (χ3n) is 7.60. The lowest BCUT2D eigenvalue weighted by Gasteiger charge is -2.47. The molecule has 2 saturated heterocycles. The van der Waals surface area contributed by atoms with E-state index in [0.717, 1.165) is 5.56 Å². The molecule has 1 amide bonds. The van der Waals surface area contributed by atoms with Crippen LogP contribution in [0.5, 0.6) is 0 Å². The van der Waals surface area contributed by atoms with Crippen LogP contribution in [0.3, 0.4) is 0 Å². The van der Waals surface area contributed by atoms with Crippen molar-refractivity contribution in [3.8, 4) is 11.1 Å². The molecule has 2 aromatic carbocycles. The zero-order chi connectivity index (χ0) is 23.9. The molecule has 3 aromatic rings. The van der Waals surface area contributed by atoms with Crippen LogP contribution in [0, 0.1) is 12.8 Å². The minimum absolute atomic E-state index is 0.0224. The Morgan fingerprint density at radius 3 is 2.17 bits per heavy atom. The number of Topliss-reactive ketones (excluding diaryl/α,β-unsaturated/α-hetero) is 1. The van der Waals surface area contributed by atoms with Crippen LogP contribution in [0.15, 0.2) is 66.9 Å². The van der Waals surface area contributed by atoms with Crippen molar-refractivity contribution in [2.45, 2.75) is 37.8 Å². The summed E-state index contributed by atoms with van der Waals surface area (Å²) in [6.45, 7) is 3.09. The second-order valence-corrected chi connectivity index (χ2v) is 9.81. The number of fused-ring (bicyclic) bond motifs is 5. The first kappa shape index (κ1) is 22.0. The molecule has 1 aromatic heterocycles. The lowest BCUT2D eigenvalue weighted by atomic mass is 9.81. The van der Waals surface area contributed by atoms with Crippen molar-refractivity contribution in [2.75, 3.05) is 19.8 Å². The third kappa shape index (κ3) is 3.92. The summed E-state index contributed by atoms with van der Waals surface area (Å²) in [5.74, 6) is -0.0926. The van der Waals surface area contributed by atoms with E-state index in [1.165, 1.54) is 22.3 Å². The van der Waals surface area contributed by atoms with E-state index < -0.39 is 0 Å². The number of benzene rings is 2. The summed E-state index contributed by atoms with van der Waals surface area (Å²) in [6.07, 6.45) is 2.54. The summed E-state index contributed by atoms with van der Waals surface area (Å²) < 4.78 is 11.7. The quantitative estimate of drug-likeness (QED) is 0.504. The molecule has 6 rings (SSSR count). The highest BCUT2D eigenvalue weighted by molar-refractivity contribution is 5.96. The van der Waals surface area contributed by atoms with Crippen molar-refractivity contribution in [3.05, 3.63) is 89.2 Å². The summed E-state index contributed by atoms with van der Waals surface area (Å²) in [7, 11) is 0. The van der Waals surface area contributed by atoms with Crippen molar-refractivity contribution in [1.82, 2.24) is 9.88 Å². The molecule has 3 heterocycles. The van der Waals surface area contributed by atoms with Gasteiger partial charge in [0.2, 0.25) is 0 Å². The molecule has 2 bridgehead atoms. The molecule has 178 valence electrons. The molecule has 35 heavy (non-hydrogen) atoms. The third-order valence-corrected chi connectivity index (χ3v) is 7.60. The maximum atomic E-state index is 13.3. The van der Waals surface area contributed by atoms with Crippen LogP contribution in [-0.2, 0) is 9.47 Å². The van der Waals surface area contributed by atoms with Gasteiger partial charge in [-0.05, 0) is 53.6 Å². The van der Waals surface area contributed by atoms with E-state index in [0.29, 0.717) is 38.4 Å². The van der Waals surface area contributed by atoms with Crippen LogP contribution in [0.25, 0.3) is 11.1 Å². The Labute approximate surface area is 204 Å². The fourth-order valence-corrected chi connectivity index (χ4v) is 5.92. The molecule has 0 saturated carbocycles. The van der Waals surface area contributed by atoms with Crippen LogP contribution < -0.4 is 0 Å². The molecule has 1 aliphatic carbocycles. The summed E-state index contributed by atoms with van der Waals surface area (Å²) in [4.78, 5) is 32.6. The van der Waals surface area contributed by atoms with Crippen LogP contribution >= 0.6 is 0 Å². The van der Waals surface area contributed by atoms with Gasteiger partial charge >= 0.3 is 6.09 Å². The van der Waals surface area contributed by atoms with Gasteiger partial charge < -0.3 is 9.47 Å². The van der Waals surface area contributed by atoms with E-state index in [2.05, 4.69) is 29.2 Å². The number of aryl methyl sites for hydroxylation is 1. The summed E-state index contributed by atoms with van der Waals surface area (Å²) in [5, 5.41) is 0. The highest BCUT2D eigenvalue weighted by Gasteiger charge is 2.45. The predicted octanol–water partition coefficient (Wildman–Crippen LogP) is 5.00. The monoisotopic (exact) mass is 468 g/mol. The number of rotatable bonds is 4. The van der Waals surface area contributed by atoms with Crippen molar-refractivity contribution >= 4 is 11.9 Å². The van der Waals surface area contributed by atoms with Crippen molar-refractivity contribution < 1.29 is 19.1 Å². The topological polar surface area (TPSA) is 68.7 Å². The Morgan fingerprint density at radius 2 is 1.57 bits per heavy atom. The van der Waals surface area contributed by atoms with E-state index in [1.54, 1.807) is 12.3 Å². The molecule has 0 radical (unpaired) electrons. The standard InChI is InChI=1S/C29H28N2O4/c1-18-10-11-27(30-14-18)28(32)19-12-20-15-34-16-21(13-19)31(20)29(33)35-17-26-24-8-4-2-6-22(24)23-7-3-5-9-25(23)26/h2-11,14,19-21,26H,12-13,15-17H2,1H3. The fourth-order valence-electron chi connectivity index (χ4n) is 5.92. The number of piperidine rings is 1. The predicted molar refractivity (Wildman–Crippen MR) is 131 cm³/mol. The summed E-state index contributed by atoms with van der Waals surface area (Å²) in [5.41, 5.74) is 6.32. The minimum Gasteiger partial charge on any atom is -0.448 e. The van der Waals surface area contributed by atoms with Crippen LogP contribution in [0.1, 0.15) is 45.9 Å². The second-order valence-electron chi connectivity index (χ2n) is 9.81. The minimum atomic E-state index is -0.315. The molecule has 0 spiro atoms. The van der Waals surface area contributed by atoms with Crippen LogP contribution in [0.2, 0.25) is 0 Å². The Hall–Kier alpha value is -3.51. The molecule has 3 aliphatic rings. The highest BCUT2D eigenvalue weighted by atomic mass is 16.6. The number of carbonyl (C=O) groups is 2. The zero-order valence-electron chi connectivity index (χ0n) is 19.7. The lowest BCUT2D eigenvalue weighted by molar-refractivity contribution is -0.0748. The maximum Gasteiger partial charge on any atom is 0.410 e. The molecular weight excluding hydrogens is 440 g/mol. The molecular formula is C29H28N2O4. The molecule has 0 N–H and O–H groups in total. The Bertz CT molecular complexity index is 1210. The number of pyridine rings is 1. The Kier molecular flexibility index (Phi) is 5.61. The van der Waals surface area contributed by atoms with Gasteiger partial charge in [0.25, 0.3) is 0 Å². The molecule has 2 unspecified atom stereocenters. The van der Waals surface area contributed by atoms with Crippen molar-refractivity contribution in [1.29, 1.82) is 0 Å². The van der Waals surface area contributed by atoms with Crippen LogP contribution in [-0.4, -0.2) is 53.7 Å². The molecule has 6 nitrogen and oxygen atoms in total. The van der Waals surface area contributed by atoms with E-state index in [-0.39, 0.29) is 35.8 Å². The number of hydrogen-bond acceptors (Lipinski definition) is 5. The Morgan fingerprint density at radius 1 is 0.943 bits per heavy atom. The van der Waals surface area contributed by atoms with Gasteiger partial charge in [-0.1, -0.05) is 54.6 Å². The van der Waals surface area contributed by atoms with Gasteiger partial charge in [-0.2, -0.15) is 0 Å². The average Bonchev–Trinajstić information content (AvgIpc) is 3.20. The first-order chi connectivity index (χ1) is 17.1. The number of aromatic nitrogens is 1. The normalized spacial score (nSPS) is 22.9. The zero-order valence-corrected chi connectivity index (χ0v) is 19.7. The maximum absolute atomic E-state index is 13.3. The molecule has 2 aliphatic heterocycles. The van der Waals surface area contributed by atoms with Gasteiger partial charge in [-0.25, -0.2) is 4.79 Å². The van der Waals surface area contributed by atoms with Crippen molar-refractivity contribution in [2.24, 2.45) is 5.92 Å². The number of hydrogen-bond donors (Lipinski definition) is 0. The molecule has 2 fully saturated rings. The second kappa shape index (κ2) is 8.93. The van der Waals surface area contributed by atoms with Gasteiger partial charge in [-0.3, -0.25) is 14.7 Å². The first-order valence-electron chi connectivity index (χ1n) is 12.3. The number of amides is 1. The van der Waals surface area contributed by atoms with Gasteiger partial charge in [0.1, 0.15) is 12.3 Å². The number of ether oxygens (including phenoxy) is 2. The van der Waals surface area contributed by atoms with Gasteiger partial charge in [0, 0.05) is 18.0 Å². The van der Waals surface area contributed by atoms with Gasteiger partial charge in [0.05, 0.1) is 25.3 Å². The number of morpholine rings is 1. The van der Waals surface area contributed by atoms with E-state index >= 15 is 0 Å². The number of nitrogens with zero attached hydrogens (tertiary/aromatic N) is 2. The van der Waals surface area contributed by atoms with Gasteiger partial charge in [-0.15, -0.1) is 0 Å². The van der Waals surface area contributed by atoms with Gasteiger partial charge in [0.15, 0.2) is 5.78 Å². The average molecular weight is 469 g/mol. The number of ketones is 1. The SMILES string of the molecule is Cc1ccc(C(=O)C2CC3COCC(C2)N3C(=O)OCC2c3ccccc3-c3ccccc32)nc1. The van der Waals surface area contributed by atoms with Crippen LogP contribution in [0.4, 0.5) is 4.79 Å². The first-order valence-corrected chi connectivity index (χ1v) is 12.3. The Balaban J connectivity index is 1.16. The molecule has 2 atom stereocenters. The fraction of sp³-hybridized carbons (Fsp3) is 0.345. The summed E-state index contributed by atoms with van der Waals surface area (Å²) >= 11 is 0. The largest absolute Gasteiger partial charge is 0.448 e. The van der Waals surface area contributed by atoms with E-state index in [4.69, 9.17) is 9.47 Å². The highest BCUT2D eigenvalue weighted by Crippen LogP contribution is 2.44. The number of carbonyl (C=O) groups excluding carboxylic acids is 2. The summed E-state index contributed by atoms with van der Waals surface area (Å²) in [6, 6.07) is 20.0. The van der Waals surface area contributed by atoms with E-state index in [9.17, 15) is 9.59 Å².